The number of carbonyl (C=O) groups excluding carboxylic acids is 1. The van der Waals surface area contributed by atoms with E-state index in [0.717, 1.165) is 57.9 Å². The highest BCUT2D eigenvalue weighted by atomic mass is 16.6. The smallest absolute Gasteiger partial charge is 0.424 e. The number of hydrogen-bond donors (Lipinski definition) is 5. The Labute approximate surface area is 249 Å². The van der Waals surface area contributed by atoms with Gasteiger partial charge in [-0.05, 0) is 148 Å². The van der Waals surface area contributed by atoms with Gasteiger partial charge in [0.15, 0.2) is 6.35 Å². The largest absolute Gasteiger partial charge is 0.443 e. The van der Waals surface area contributed by atoms with Crippen molar-refractivity contribution in [3.63, 3.8) is 0 Å². The molecule has 0 heterocycles. The molecule has 3 unspecified atom stereocenters. The summed E-state index contributed by atoms with van der Waals surface area (Å²) in [5.74, 6) is 1.88. The lowest BCUT2D eigenvalue weighted by Crippen LogP contribution is -2.55. The van der Waals surface area contributed by atoms with E-state index in [1.807, 2.05) is 20.8 Å². The molecule has 1 amide bonds. The van der Waals surface area contributed by atoms with Gasteiger partial charge in [-0.1, -0.05) is 12.2 Å². The summed E-state index contributed by atoms with van der Waals surface area (Å²) in [5.41, 5.74) is 8.40. The first-order chi connectivity index (χ1) is 19.6. The normalized spacial score (nSPS) is 29.9. The van der Waals surface area contributed by atoms with E-state index in [1.165, 1.54) is 43.5 Å². The van der Waals surface area contributed by atoms with Crippen molar-refractivity contribution in [3.8, 4) is 0 Å². The van der Waals surface area contributed by atoms with Crippen LogP contribution >= 0.6 is 0 Å². The predicted octanol–water partition coefficient (Wildman–Crippen LogP) is 4.86. The Kier molecular flexibility index (Phi) is 14.6. The van der Waals surface area contributed by atoms with E-state index in [1.54, 1.807) is 0 Å². The summed E-state index contributed by atoms with van der Waals surface area (Å²) in [6.07, 6.45) is 18.9. The Bertz CT molecular complexity index is 787. The molecular formula is C32H60N6O3. The van der Waals surface area contributed by atoms with Crippen molar-refractivity contribution >= 4 is 12.8 Å². The number of hydrogen-bond acceptors (Lipinski definition) is 8. The van der Waals surface area contributed by atoms with Crippen LogP contribution in [0.2, 0.25) is 0 Å². The van der Waals surface area contributed by atoms with Crippen LogP contribution in [0.15, 0.2) is 17.1 Å². The molecule has 3 aliphatic rings. The number of aliphatic hydroxyl groups is 1. The van der Waals surface area contributed by atoms with Gasteiger partial charge in [0.2, 0.25) is 0 Å². The molecule has 2 saturated carbocycles. The molecule has 9 nitrogen and oxygen atoms in total. The molecule has 0 aromatic rings. The molecule has 0 bridgehead atoms. The van der Waals surface area contributed by atoms with Crippen molar-refractivity contribution in [2.24, 2.45) is 28.5 Å². The lowest BCUT2D eigenvalue weighted by Gasteiger charge is -2.32. The number of rotatable bonds is 14. The first-order valence-electron chi connectivity index (χ1n) is 16.4. The van der Waals surface area contributed by atoms with Gasteiger partial charge in [-0.25, -0.2) is 9.80 Å². The number of nitrogens with zero attached hydrogens (tertiary/aromatic N) is 2. The van der Waals surface area contributed by atoms with Crippen LogP contribution in [0.3, 0.4) is 0 Å². The van der Waals surface area contributed by atoms with Crippen LogP contribution < -0.4 is 21.8 Å². The molecule has 0 spiro atoms. The van der Waals surface area contributed by atoms with Crippen molar-refractivity contribution in [2.45, 2.75) is 141 Å². The predicted molar refractivity (Wildman–Crippen MR) is 167 cm³/mol. The minimum Gasteiger partial charge on any atom is -0.443 e. The molecule has 0 saturated heterocycles. The van der Waals surface area contributed by atoms with Crippen LogP contribution in [-0.2, 0) is 4.74 Å². The third-order valence-electron chi connectivity index (χ3n) is 9.17. The molecular weight excluding hydrogens is 516 g/mol. The van der Waals surface area contributed by atoms with Gasteiger partial charge in [0.25, 0.3) is 0 Å². The third kappa shape index (κ3) is 13.5. The fraction of sp³-hybridized carbons (Fsp3) is 0.875. The molecule has 41 heavy (non-hydrogen) atoms. The molecule has 0 aromatic carbocycles. The van der Waals surface area contributed by atoms with Gasteiger partial charge >= 0.3 is 6.09 Å². The number of aliphatic hydroxyl groups excluding tert-OH is 1. The molecule has 6 N–H and O–H groups in total. The zero-order valence-electron chi connectivity index (χ0n) is 26.2. The summed E-state index contributed by atoms with van der Waals surface area (Å²) < 4.78 is 5.59. The van der Waals surface area contributed by atoms with E-state index in [2.05, 4.69) is 39.9 Å². The topological polar surface area (TPSA) is 124 Å². The molecule has 0 radical (unpaired) electrons. The Balaban J connectivity index is 1.30. The van der Waals surface area contributed by atoms with Gasteiger partial charge in [0.1, 0.15) is 5.60 Å². The van der Waals surface area contributed by atoms with Gasteiger partial charge in [0.05, 0.1) is 6.04 Å². The summed E-state index contributed by atoms with van der Waals surface area (Å²) in [5, 5.41) is 19.1. The number of carbonyl (C=O) groups is 1. The van der Waals surface area contributed by atoms with Gasteiger partial charge in [-0.2, -0.15) is 5.43 Å². The summed E-state index contributed by atoms with van der Waals surface area (Å²) in [6.45, 7) is 11.6. The maximum absolute atomic E-state index is 12.8. The first-order valence-corrected chi connectivity index (χ1v) is 16.4. The quantitative estimate of drug-likeness (QED) is 0.0866. The highest BCUT2D eigenvalue weighted by molar-refractivity contribution is 5.67. The highest BCUT2D eigenvalue weighted by Crippen LogP contribution is 2.28. The van der Waals surface area contributed by atoms with Crippen molar-refractivity contribution in [1.29, 1.82) is 0 Å². The number of nitrogens with two attached hydrogens (primary N) is 1. The van der Waals surface area contributed by atoms with Gasteiger partial charge in [0, 0.05) is 18.6 Å². The lowest BCUT2D eigenvalue weighted by molar-refractivity contribution is -0.0240. The van der Waals surface area contributed by atoms with Crippen molar-refractivity contribution in [1.82, 2.24) is 21.1 Å². The SMILES string of the molecule is C=NC1CC=CC(CCNC2CCC(CCNC(O)NN(CCC3CCC(N)CC3)C(=O)OC(C)(C)C)CC2)CC1. The summed E-state index contributed by atoms with van der Waals surface area (Å²) in [6, 6.07) is 1.33. The highest BCUT2D eigenvalue weighted by Gasteiger charge is 2.27. The zero-order valence-corrected chi connectivity index (χ0v) is 26.2. The second kappa shape index (κ2) is 17.6. The molecule has 236 valence electrons. The molecule has 3 atom stereocenters. The molecule has 3 rings (SSSR count). The number of aliphatic imine (C=N–C) groups is 1. The Morgan fingerprint density at radius 1 is 1.02 bits per heavy atom. The molecule has 0 aliphatic heterocycles. The average molecular weight is 577 g/mol. The van der Waals surface area contributed by atoms with Crippen LogP contribution in [0.1, 0.15) is 111 Å². The van der Waals surface area contributed by atoms with E-state index in [4.69, 9.17) is 10.5 Å². The summed E-state index contributed by atoms with van der Waals surface area (Å²) >= 11 is 0. The van der Waals surface area contributed by atoms with E-state index in [0.29, 0.717) is 49.0 Å². The molecule has 3 aliphatic carbocycles. The molecule has 9 heteroatoms. The van der Waals surface area contributed by atoms with E-state index < -0.39 is 18.0 Å². The lowest BCUT2D eigenvalue weighted by atomic mass is 9.84. The maximum Gasteiger partial charge on any atom is 0.424 e. The summed E-state index contributed by atoms with van der Waals surface area (Å²) in [7, 11) is 0. The number of ether oxygens (including phenoxy) is 1. The minimum atomic E-state index is -1.00. The monoisotopic (exact) mass is 576 g/mol. The standard InChI is InChI=1S/C32H60N6O3/c1-32(2,3)41-31(40)38(23-20-26-8-13-27(33)14-9-26)37-30(39)36-22-19-25-11-16-29(17-12-25)35-21-18-24-6-5-7-28(34-4)15-10-24/h5-6,24-30,35-37,39H,4,7-23,33H2,1-3H3. The number of allylic oxidation sites excluding steroid dienone is 1. The van der Waals surface area contributed by atoms with Crippen LogP contribution in [0.5, 0.6) is 0 Å². The second-order valence-corrected chi connectivity index (χ2v) is 13.8. The average Bonchev–Trinajstić information content (AvgIpc) is 3.17. The summed E-state index contributed by atoms with van der Waals surface area (Å²) in [4.78, 5) is 17.1. The van der Waals surface area contributed by atoms with Crippen molar-refractivity contribution < 1.29 is 14.6 Å². The minimum absolute atomic E-state index is 0.307. The van der Waals surface area contributed by atoms with Crippen LogP contribution in [0, 0.1) is 17.8 Å². The Morgan fingerprint density at radius 2 is 1.71 bits per heavy atom. The Morgan fingerprint density at radius 3 is 2.39 bits per heavy atom. The van der Waals surface area contributed by atoms with Gasteiger partial charge in [-0.3, -0.25) is 10.3 Å². The fourth-order valence-electron chi connectivity index (χ4n) is 6.51. The van der Waals surface area contributed by atoms with Crippen molar-refractivity contribution in [3.05, 3.63) is 12.2 Å². The Hall–Kier alpha value is -1.52. The molecule has 2 fully saturated rings. The first kappa shape index (κ1) is 34.0. The second-order valence-electron chi connectivity index (χ2n) is 13.8. The van der Waals surface area contributed by atoms with E-state index in [9.17, 15) is 9.90 Å². The fourth-order valence-corrected chi connectivity index (χ4v) is 6.51. The number of amides is 1. The van der Waals surface area contributed by atoms with E-state index in [-0.39, 0.29) is 0 Å². The molecule has 0 aromatic heterocycles. The zero-order chi connectivity index (χ0) is 29.7. The van der Waals surface area contributed by atoms with Crippen LogP contribution in [0.4, 0.5) is 4.79 Å². The van der Waals surface area contributed by atoms with Gasteiger partial charge in [-0.15, -0.1) is 0 Å². The van der Waals surface area contributed by atoms with Crippen LogP contribution in [0.25, 0.3) is 0 Å². The third-order valence-corrected chi connectivity index (χ3v) is 9.17. The van der Waals surface area contributed by atoms with Gasteiger partial charge < -0.3 is 20.9 Å². The number of hydrazine groups is 1. The van der Waals surface area contributed by atoms with Crippen molar-refractivity contribution in [2.75, 3.05) is 19.6 Å². The maximum atomic E-state index is 12.8. The van der Waals surface area contributed by atoms with Crippen LogP contribution in [-0.4, -0.2) is 72.6 Å². The van der Waals surface area contributed by atoms with E-state index >= 15 is 0 Å². The number of nitrogens with one attached hydrogen (secondary N) is 3.